The first kappa shape index (κ1) is 28.9. The minimum Gasteiger partial charge on any atom is -0.378 e. The summed E-state index contributed by atoms with van der Waals surface area (Å²) in [7, 11) is -17.2. The van der Waals surface area contributed by atoms with Crippen molar-refractivity contribution in [1.82, 2.24) is 0 Å². The third kappa shape index (κ3) is 11.5. The Hall–Kier alpha value is -2.16. The molecule has 0 atom stereocenters. The zero-order valence-electron chi connectivity index (χ0n) is 15.2. The number of para-hydroxylation sites is 1. The van der Waals surface area contributed by atoms with E-state index in [1.807, 2.05) is 0 Å². The van der Waals surface area contributed by atoms with E-state index in [0.717, 1.165) is 0 Å². The predicted molar refractivity (Wildman–Crippen MR) is 87.9 cm³/mol. The zero-order valence-corrected chi connectivity index (χ0v) is 17.6. The van der Waals surface area contributed by atoms with Crippen LogP contribution in [0.3, 0.4) is 0 Å². The Bertz CT molecular complexity index is 1100. The van der Waals surface area contributed by atoms with Crippen LogP contribution >= 0.6 is 0 Å². The summed E-state index contributed by atoms with van der Waals surface area (Å²) < 4.78 is 192. The van der Waals surface area contributed by atoms with Gasteiger partial charge < -0.3 is 12.5 Å². The van der Waals surface area contributed by atoms with Gasteiger partial charge >= 0.3 is 48.9 Å². The fourth-order valence-electron chi connectivity index (χ4n) is 1.80. The van der Waals surface area contributed by atoms with Crippen LogP contribution in [0.2, 0.25) is 0 Å². The molecule has 1 aromatic rings. The summed E-state index contributed by atoms with van der Waals surface area (Å²) in [6, 6.07) is 1.10. The van der Waals surface area contributed by atoms with E-state index in [4.69, 9.17) is 0 Å². The molecule has 0 radical (unpaired) electrons. The molecule has 0 saturated carbocycles. The van der Waals surface area contributed by atoms with E-state index < -0.39 is 83.4 Å². The topological polar surface area (TPSA) is 130 Å². The van der Waals surface area contributed by atoms with Crippen LogP contribution in [-0.4, -0.2) is 61.0 Å². The monoisotopic (exact) mass is 564 g/mol. The maximum Gasteiger partial charge on any atom is 0.406 e. The molecule has 0 aliphatic rings. The van der Waals surface area contributed by atoms with Crippen molar-refractivity contribution < 1.29 is 77.3 Å². The molecule has 0 aliphatic heterocycles. The van der Waals surface area contributed by atoms with Crippen molar-refractivity contribution in [2.75, 3.05) is 17.3 Å². The molecule has 33 heavy (non-hydrogen) atoms. The number of rotatable bonds is 9. The van der Waals surface area contributed by atoms with Crippen LogP contribution < -0.4 is 12.5 Å². The van der Waals surface area contributed by atoms with Gasteiger partial charge in [0.05, 0.1) is 0 Å². The summed E-state index contributed by atoms with van der Waals surface area (Å²) in [5, 5.41) is 0. The first-order valence-corrected chi connectivity index (χ1v) is 12.2. The molecule has 0 amide bonds. The molecular weight excluding hydrogens is 555 g/mol. The van der Waals surface area contributed by atoms with E-state index in [-0.39, 0.29) is 0 Å². The molecule has 0 N–H and O–H groups in total. The highest BCUT2D eigenvalue weighted by Crippen LogP contribution is 2.41. The molecule has 0 spiro atoms. The summed E-state index contributed by atoms with van der Waals surface area (Å²) in [6.45, 7) is 0. The molecule has 0 saturated heterocycles. The second kappa shape index (κ2) is 9.24. The third-order valence-electron chi connectivity index (χ3n) is 2.61. The normalized spacial score (nSPS) is 14.1. The average Bonchev–Trinajstić information content (AvgIpc) is 2.41. The van der Waals surface area contributed by atoms with E-state index in [0.29, 0.717) is 18.2 Å². The molecule has 0 aliphatic carbocycles. The Labute approximate surface area is 179 Å². The number of benzene rings is 1. The molecular formula is C12H9F9O9S3. The van der Waals surface area contributed by atoms with E-state index >= 15 is 0 Å². The van der Waals surface area contributed by atoms with Crippen LogP contribution in [0.1, 0.15) is 0 Å². The lowest BCUT2D eigenvalue weighted by atomic mass is 10.3. The van der Waals surface area contributed by atoms with Crippen molar-refractivity contribution in [2.24, 2.45) is 0 Å². The second-order valence-electron chi connectivity index (χ2n) is 5.78. The van der Waals surface area contributed by atoms with Gasteiger partial charge in [0, 0.05) is 0 Å². The number of alkyl halides is 9. The first-order chi connectivity index (χ1) is 14.4. The zero-order chi connectivity index (χ0) is 26.1. The molecule has 9 nitrogen and oxygen atoms in total. The highest BCUT2D eigenvalue weighted by molar-refractivity contribution is 7.87. The molecule has 21 heteroatoms. The van der Waals surface area contributed by atoms with Crippen LogP contribution in [-0.2, 0) is 30.4 Å². The molecule has 0 heterocycles. The Kier molecular flexibility index (Phi) is 8.08. The van der Waals surface area contributed by atoms with Gasteiger partial charge in [-0.3, -0.25) is 0 Å². The Morgan fingerprint density at radius 3 is 1.09 bits per heavy atom. The van der Waals surface area contributed by atoms with Crippen LogP contribution in [0.25, 0.3) is 0 Å². The van der Waals surface area contributed by atoms with Gasteiger partial charge in [-0.05, 0) is 12.1 Å². The number of halogens is 9. The van der Waals surface area contributed by atoms with Gasteiger partial charge in [0.1, 0.15) is 0 Å². The Morgan fingerprint density at radius 1 is 0.545 bits per heavy atom. The predicted octanol–water partition coefficient (Wildman–Crippen LogP) is 2.50. The van der Waals surface area contributed by atoms with Crippen LogP contribution in [0, 0.1) is 0 Å². The summed E-state index contributed by atoms with van der Waals surface area (Å²) >= 11 is 0. The van der Waals surface area contributed by atoms with Gasteiger partial charge in [-0.15, -0.1) is 0 Å². The summed E-state index contributed by atoms with van der Waals surface area (Å²) in [5.41, 5.74) is 0. The smallest absolute Gasteiger partial charge is 0.378 e. The highest BCUT2D eigenvalue weighted by atomic mass is 32.2. The lowest BCUT2D eigenvalue weighted by Gasteiger charge is -2.17. The van der Waals surface area contributed by atoms with Gasteiger partial charge in [0.15, 0.2) is 28.8 Å². The van der Waals surface area contributed by atoms with Gasteiger partial charge in [0.25, 0.3) is 0 Å². The fourth-order valence-corrected chi connectivity index (χ4v) is 4.41. The summed E-state index contributed by atoms with van der Waals surface area (Å²) in [6.07, 6.45) is -16.3. The van der Waals surface area contributed by atoms with Crippen LogP contribution in [0.15, 0.2) is 18.2 Å². The minimum absolute atomic E-state index is 0.301. The molecule has 0 bridgehead atoms. The SMILES string of the molecule is O=S(=O)(CC(F)(F)F)Oc1cccc(OS(=O)(=O)CC(F)(F)F)c1OS(=O)(=O)CC(F)(F)F. The largest absolute Gasteiger partial charge is 0.406 e. The average molecular weight is 564 g/mol. The Morgan fingerprint density at radius 2 is 0.818 bits per heavy atom. The van der Waals surface area contributed by atoms with Crippen molar-refractivity contribution in [1.29, 1.82) is 0 Å². The van der Waals surface area contributed by atoms with E-state index in [1.54, 1.807) is 0 Å². The van der Waals surface area contributed by atoms with Crippen molar-refractivity contribution in [3.8, 4) is 17.2 Å². The quantitative estimate of drug-likeness (QED) is 0.328. The standard InChI is InChI=1S/C12H9F9O9S3/c13-10(14,15)4-31(22,23)28-7-2-1-3-8(29-32(24,25)5-11(16,17)18)9(7)30-33(26,27)6-12(19,20)21/h1-3H,4-6H2. The molecule has 192 valence electrons. The Balaban J connectivity index is 3.56. The molecule has 1 rings (SSSR count). The second-order valence-corrected chi connectivity index (χ2v) is 10.5. The van der Waals surface area contributed by atoms with Crippen LogP contribution in [0.5, 0.6) is 17.2 Å². The summed E-state index contributed by atoms with van der Waals surface area (Å²) in [5.74, 6) is -13.3. The van der Waals surface area contributed by atoms with E-state index in [1.165, 1.54) is 0 Å². The lowest BCUT2D eigenvalue weighted by molar-refractivity contribution is -0.108. The maximum atomic E-state index is 12.4. The van der Waals surface area contributed by atoms with Crippen molar-refractivity contribution in [2.45, 2.75) is 18.5 Å². The highest BCUT2D eigenvalue weighted by Gasteiger charge is 2.41. The lowest BCUT2D eigenvalue weighted by Crippen LogP contribution is -2.29. The van der Waals surface area contributed by atoms with Crippen molar-refractivity contribution in [3.63, 3.8) is 0 Å². The van der Waals surface area contributed by atoms with E-state index in [9.17, 15) is 64.8 Å². The third-order valence-corrected chi connectivity index (χ3v) is 5.94. The first-order valence-electron chi connectivity index (χ1n) is 7.48. The van der Waals surface area contributed by atoms with Crippen molar-refractivity contribution in [3.05, 3.63) is 18.2 Å². The molecule has 0 unspecified atom stereocenters. The number of hydrogen-bond donors (Lipinski definition) is 0. The van der Waals surface area contributed by atoms with E-state index in [2.05, 4.69) is 12.5 Å². The van der Waals surface area contributed by atoms with Gasteiger partial charge in [-0.2, -0.15) is 64.8 Å². The van der Waals surface area contributed by atoms with Crippen molar-refractivity contribution >= 4 is 30.4 Å². The molecule has 1 aromatic carbocycles. The minimum atomic E-state index is -5.84. The van der Waals surface area contributed by atoms with Gasteiger partial charge in [-0.1, -0.05) is 6.07 Å². The molecule has 0 fully saturated rings. The molecule has 0 aromatic heterocycles. The maximum absolute atomic E-state index is 12.4. The fraction of sp³-hybridized carbons (Fsp3) is 0.500. The number of hydrogen-bond acceptors (Lipinski definition) is 9. The van der Waals surface area contributed by atoms with Gasteiger partial charge in [0.2, 0.25) is 5.75 Å². The van der Waals surface area contributed by atoms with Crippen LogP contribution in [0.4, 0.5) is 39.5 Å². The summed E-state index contributed by atoms with van der Waals surface area (Å²) in [4.78, 5) is 0. The van der Waals surface area contributed by atoms with Gasteiger partial charge in [-0.25, -0.2) is 0 Å².